The molecular weight excluding hydrogens is 500 g/mol. The number of Topliss-reactive ketones (excluding diaryl/α,β-unsaturated/α-hetero) is 1. The van der Waals surface area contributed by atoms with E-state index in [2.05, 4.69) is 6.92 Å². The van der Waals surface area contributed by atoms with Crippen LogP contribution in [0.15, 0.2) is 0 Å². The highest BCUT2D eigenvalue weighted by molar-refractivity contribution is 6.32. The van der Waals surface area contributed by atoms with E-state index in [1.165, 1.54) is 44.9 Å². The van der Waals surface area contributed by atoms with Crippen LogP contribution in [0.2, 0.25) is 0 Å². The van der Waals surface area contributed by atoms with E-state index in [0.29, 0.717) is 52.7 Å². The van der Waals surface area contributed by atoms with Gasteiger partial charge in [-0.3, -0.25) is 14.4 Å². The first-order valence-corrected chi connectivity index (χ1v) is 13.9. The van der Waals surface area contributed by atoms with Gasteiger partial charge in [-0.2, -0.15) is 0 Å². The minimum Gasteiger partial charge on any atom is -0.476 e. The van der Waals surface area contributed by atoms with Crippen molar-refractivity contribution in [1.29, 1.82) is 0 Å². The third kappa shape index (κ3) is 27.0. The van der Waals surface area contributed by atoms with Gasteiger partial charge in [0.1, 0.15) is 13.2 Å². The first kappa shape index (κ1) is 35.9. The molecule has 0 aromatic carbocycles. The van der Waals surface area contributed by atoms with Crippen LogP contribution in [0.1, 0.15) is 84.0 Å². The topological polar surface area (TPSA) is 144 Å². The lowest BCUT2D eigenvalue weighted by Gasteiger charge is -2.08. The number of hydrogen-bond donors (Lipinski definition) is 1. The van der Waals surface area contributed by atoms with Crippen molar-refractivity contribution >= 4 is 23.7 Å². The molecule has 0 amide bonds. The quantitative estimate of drug-likeness (QED) is 0.0833. The van der Waals surface area contributed by atoms with Crippen LogP contribution in [0.5, 0.6) is 0 Å². The number of carboxylic acids is 1. The molecule has 11 heteroatoms. The van der Waals surface area contributed by atoms with Crippen LogP contribution in [-0.2, 0) is 47.6 Å². The maximum Gasteiger partial charge on any atom is 0.372 e. The highest BCUT2D eigenvalue weighted by atomic mass is 16.6. The average molecular weight is 549 g/mol. The number of carbonyl (C=O) groups excluding carboxylic acids is 3. The Hall–Kier alpha value is -2.08. The van der Waals surface area contributed by atoms with E-state index in [-0.39, 0.29) is 38.6 Å². The maximum atomic E-state index is 11.7. The summed E-state index contributed by atoms with van der Waals surface area (Å²) < 4.78 is 31.3. The van der Waals surface area contributed by atoms with Gasteiger partial charge in [0.25, 0.3) is 0 Å². The second-order valence-corrected chi connectivity index (χ2v) is 8.70. The Labute approximate surface area is 226 Å². The van der Waals surface area contributed by atoms with Gasteiger partial charge in [0.2, 0.25) is 5.78 Å². The zero-order valence-electron chi connectivity index (χ0n) is 23.1. The van der Waals surface area contributed by atoms with Crippen molar-refractivity contribution in [1.82, 2.24) is 0 Å². The Morgan fingerprint density at radius 3 is 1.26 bits per heavy atom. The molecule has 222 valence electrons. The van der Waals surface area contributed by atoms with Crippen LogP contribution in [0.3, 0.4) is 0 Å². The zero-order valence-corrected chi connectivity index (χ0v) is 23.1. The first-order chi connectivity index (χ1) is 18.5. The number of ketones is 1. The predicted molar refractivity (Wildman–Crippen MR) is 139 cm³/mol. The molecule has 0 aliphatic rings. The van der Waals surface area contributed by atoms with Gasteiger partial charge in [-0.1, -0.05) is 58.3 Å². The molecule has 0 rings (SSSR count). The molecule has 0 fully saturated rings. The van der Waals surface area contributed by atoms with Crippen molar-refractivity contribution in [3.63, 3.8) is 0 Å². The molecule has 0 radical (unpaired) electrons. The van der Waals surface area contributed by atoms with Gasteiger partial charge in [-0.25, -0.2) is 4.79 Å². The minimum absolute atomic E-state index is 0.0156. The molecule has 0 aliphatic carbocycles. The molecule has 1 N–H and O–H groups in total. The standard InChI is InChI=1S/C27H48O11/c1-2-3-4-5-6-7-8-9-10-11-25(29)37-22-20-35-18-16-33-14-15-34-17-19-36-21-23-38-26(30)13-12-24(28)27(31)32/h2-23H2,1H3,(H,31,32). The molecule has 0 atom stereocenters. The maximum absolute atomic E-state index is 11.7. The lowest BCUT2D eigenvalue weighted by molar-refractivity contribution is -0.151. The molecule has 38 heavy (non-hydrogen) atoms. The summed E-state index contributed by atoms with van der Waals surface area (Å²) in [5, 5.41) is 8.42. The third-order valence-corrected chi connectivity index (χ3v) is 5.38. The zero-order chi connectivity index (χ0) is 28.1. The number of rotatable bonds is 29. The molecular formula is C27H48O11. The molecule has 0 aromatic rings. The summed E-state index contributed by atoms with van der Waals surface area (Å²) in [5.74, 6) is -3.40. The molecule has 0 bridgehead atoms. The minimum atomic E-state index is -1.56. The lowest BCUT2D eigenvalue weighted by Crippen LogP contribution is -2.17. The fourth-order valence-corrected chi connectivity index (χ4v) is 3.24. The van der Waals surface area contributed by atoms with Gasteiger partial charge < -0.3 is 33.5 Å². The normalized spacial score (nSPS) is 10.9. The van der Waals surface area contributed by atoms with Crippen LogP contribution in [-0.4, -0.2) is 94.9 Å². The second-order valence-electron chi connectivity index (χ2n) is 8.70. The van der Waals surface area contributed by atoms with Crippen molar-refractivity contribution < 1.29 is 52.7 Å². The Morgan fingerprint density at radius 2 is 0.842 bits per heavy atom. The van der Waals surface area contributed by atoms with E-state index >= 15 is 0 Å². The highest BCUT2D eigenvalue weighted by Gasteiger charge is 2.14. The number of aliphatic carboxylic acids is 1. The van der Waals surface area contributed by atoms with Gasteiger partial charge in [0, 0.05) is 12.8 Å². The van der Waals surface area contributed by atoms with Crippen LogP contribution >= 0.6 is 0 Å². The summed E-state index contributed by atoms with van der Waals surface area (Å²) in [6.45, 7) is 5.29. The Balaban J connectivity index is 3.24. The van der Waals surface area contributed by atoms with Crippen molar-refractivity contribution in [3.05, 3.63) is 0 Å². The van der Waals surface area contributed by atoms with E-state index in [1.54, 1.807) is 0 Å². The number of carboxylic acid groups (broad SMARTS) is 1. The third-order valence-electron chi connectivity index (χ3n) is 5.38. The van der Waals surface area contributed by atoms with Crippen molar-refractivity contribution in [3.8, 4) is 0 Å². The molecule has 11 nitrogen and oxygen atoms in total. The summed E-state index contributed by atoms with van der Waals surface area (Å²) in [4.78, 5) is 44.3. The van der Waals surface area contributed by atoms with E-state index in [4.69, 9.17) is 33.5 Å². The molecule has 0 saturated heterocycles. The van der Waals surface area contributed by atoms with Crippen LogP contribution < -0.4 is 0 Å². The van der Waals surface area contributed by atoms with Gasteiger partial charge >= 0.3 is 17.9 Å². The molecule has 0 aromatic heterocycles. The summed E-state index contributed by atoms with van der Waals surface area (Å²) in [6, 6.07) is 0. The van der Waals surface area contributed by atoms with Crippen molar-refractivity contribution in [2.45, 2.75) is 84.0 Å². The Kier molecular flexibility index (Phi) is 26.4. The van der Waals surface area contributed by atoms with Gasteiger partial charge in [0.15, 0.2) is 0 Å². The highest BCUT2D eigenvalue weighted by Crippen LogP contribution is 2.10. The van der Waals surface area contributed by atoms with Gasteiger partial charge in [0.05, 0.1) is 59.3 Å². The largest absolute Gasteiger partial charge is 0.476 e. The van der Waals surface area contributed by atoms with E-state index < -0.39 is 17.7 Å². The predicted octanol–water partition coefficient (Wildman–Crippen LogP) is 3.49. The van der Waals surface area contributed by atoms with Crippen molar-refractivity contribution in [2.24, 2.45) is 0 Å². The smallest absolute Gasteiger partial charge is 0.372 e. The van der Waals surface area contributed by atoms with Crippen molar-refractivity contribution in [2.75, 3.05) is 66.1 Å². The molecule has 0 unspecified atom stereocenters. The SMILES string of the molecule is CCCCCCCCCCCC(=O)OCCOCCOCCOCCOCCOC(=O)CCC(=O)C(=O)O. The number of hydrogen-bond acceptors (Lipinski definition) is 10. The monoisotopic (exact) mass is 548 g/mol. The molecule has 0 aliphatic heterocycles. The number of carbonyl (C=O) groups is 4. The second kappa shape index (κ2) is 27.9. The Morgan fingerprint density at radius 1 is 0.474 bits per heavy atom. The number of esters is 2. The average Bonchev–Trinajstić information content (AvgIpc) is 2.90. The van der Waals surface area contributed by atoms with Crippen LogP contribution in [0, 0.1) is 0 Å². The number of unbranched alkanes of at least 4 members (excludes halogenated alkanes) is 8. The molecule has 0 saturated carbocycles. The summed E-state index contributed by atoms with van der Waals surface area (Å²) in [5.41, 5.74) is 0. The molecule has 0 heterocycles. The van der Waals surface area contributed by atoms with Gasteiger partial charge in [-0.05, 0) is 6.42 Å². The Bertz CT molecular complexity index is 610. The number of ether oxygens (including phenoxy) is 6. The van der Waals surface area contributed by atoms with Crippen LogP contribution in [0.4, 0.5) is 0 Å². The first-order valence-electron chi connectivity index (χ1n) is 13.9. The summed E-state index contributed by atoms with van der Waals surface area (Å²) >= 11 is 0. The fraction of sp³-hybridized carbons (Fsp3) is 0.852. The van der Waals surface area contributed by atoms with E-state index in [9.17, 15) is 19.2 Å². The van der Waals surface area contributed by atoms with E-state index in [1.807, 2.05) is 0 Å². The summed E-state index contributed by atoms with van der Waals surface area (Å²) in [6.07, 6.45) is 10.8. The summed E-state index contributed by atoms with van der Waals surface area (Å²) in [7, 11) is 0. The lowest BCUT2D eigenvalue weighted by atomic mass is 10.1. The van der Waals surface area contributed by atoms with Gasteiger partial charge in [-0.15, -0.1) is 0 Å². The fourth-order valence-electron chi connectivity index (χ4n) is 3.24. The molecule has 0 spiro atoms. The van der Waals surface area contributed by atoms with Crippen LogP contribution in [0.25, 0.3) is 0 Å². The van der Waals surface area contributed by atoms with E-state index in [0.717, 1.165) is 12.8 Å².